The third kappa shape index (κ3) is 5.69. The lowest BCUT2D eigenvalue weighted by Gasteiger charge is -2.10. The molecule has 0 aliphatic heterocycles. The van der Waals surface area contributed by atoms with Gasteiger partial charge < -0.3 is 15.4 Å². The number of benzene rings is 2. The number of nitrogens with one attached hydrogen (secondary N) is 2. The highest BCUT2D eigenvalue weighted by Crippen LogP contribution is 2.16. The zero-order valence-electron chi connectivity index (χ0n) is 14.0. The summed E-state index contributed by atoms with van der Waals surface area (Å²) in [4.78, 5) is 23.9. The van der Waals surface area contributed by atoms with Gasteiger partial charge in [0.15, 0.2) is 0 Å². The Morgan fingerprint density at radius 3 is 2.56 bits per heavy atom. The van der Waals surface area contributed by atoms with Gasteiger partial charge in [0.05, 0.1) is 17.9 Å². The molecule has 0 fully saturated rings. The Hall–Kier alpha value is -2.73. The number of anilines is 1. The monoisotopic (exact) mass is 344 g/mol. The Bertz CT molecular complexity index is 734. The number of ether oxygens (including phenoxy) is 1. The molecule has 0 radical (unpaired) electrons. The summed E-state index contributed by atoms with van der Waals surface area (Å²) in [5.41, 5.74) is 1.28. The van der Waals surface area contributed by atoms with E-state index < -0.39 is 5.97 Å². The first-order valence-corrected chi connectivity index (χ1v) is 8.12. The fraction of sp³-hybridized carbons (Fsp3) is 0.263. The third-order valence-electron chi connectivity index (χ3n) is 3.50. The van der Waals surface area contributed by atoms with E-state index in [1.165, 1.54) is 6.07 Å². The number of carbonyl (C=O) groups excluding carboxylic acids is 2. The molecule has 5 nitrogen and oxygen atoms in total. The van der Waals surface area contributed by atoms with Crippen LogP contribution < -0.4 is 10.6 Å². The van der Waals surface area contributed by atoms with Crippen molar-refractivity contribution < 1.29 is 18.7 Å². The molecule has 2 rings (SSSR count). The summed E-state index contributed by atoms with van der Waals surface area (Å²) in [6.45, 7) is 2.72. The molecule has 2 aromatic carbocycles. The molecular formula is C19H21FN2O3. The van der Waals surface area contributed by atoms with Crippen LogP contribution in [0.25, 0.3) is 0 Å². The van der Waals surface area contributed by atoms with Crippen LogP contribution in [0.4, 0.5) is 10.1 Å². The minimum absolute atomic E-state index is 0.200. The minimum atomic E-state index is -0.476. The van der Waals surface area contributed by atoms with Crippen molar-refractivity contribution in [3.63, 3.8) is 0 Å². The van der Waals surface area contributed by atoms with Crippen LogP contribution in [-0.4, -0.2) is 25.0 Å². The fourth-order valence-corrected chi connectivity index (χ4v) is 2.26. The summed E-state index contributed by atoms with van der Waals surface area (Å²) >= 11 is 0. The predicted molar refractivity (Wildman–Crippen MR) is 93.8 cm³/mol. The van der Waals surface area contributed by atoms with E-state index in [4.69, 9.17) is 4.74 Å². The van der Waals surface area contributed by atoms with Gasteiger partial charge in [0, 0.05) is 25.1 Å². The number of carbonyl (C=O) groups is 2. The van der Waals surface area contributed by atoms with Crippen molar-refractivity contribution >= 4 is 17.6 Å². The second kappa shape index (κ2) is 9.54. The van der Waals surface area contributed by atoms with Crippen LogP contribution in [0.3, 0.4) is 0 Å². The molecule has 0 aliphatic carbocycles. The Morgan fingerprint density at radius 2 is 1.80 bits per heavy atom. The largest absolute Gasteiger partial charge is 0.462 e. The Balaban J connectivity index is 1.83. The molecule has 0 saturated heterocycles. The molecule has 0 bridgehead atoms. The molecule has 25 heavy (non-hydrogen) atoms. The number of amides is 1. The Kier molecular flexibility index (Phi) is 7.10. The molecule has 2 aromatic rings. The second-order valence-corrected chi connectivity index (χ2v) is 5.33. The van der Waals surface area contributed by atoms with Crippen LogP contribution in [0, 0.1) is 5.82 Å². The molecular weight excluding hydrogens is 323 g/mol. The van der Waals surface area contributed by atoms with E-state index in [-0.39, 0.29) is 24.8 Å². The van der Waals surface area contributed by atoms with Gasteiger partial charge in [-0.1, -0.05) is 30.3 Å². The van der Waals surface area contributed by atoms with Crippen molar-refractivity contribution in [2.45, 2.75) is 19.9 Å². The van der Waals surface area contributed by atoms with Crippen LogP contribution in [0.1, 0.15) is 29.3 Å². The summed E-state index contributed by atoms with van der Waals surface area (Å²) in [7, 11) is 0. The molecule has 6 heteroatoms. The van der Waals surface area contributed by atoms with Crippen molar-refractivity contribution in [3.8, 4) is 0 Å². The first-order chi connectivity index (χ1) is 12.1. The van der Waals surface area contributed by atoms with Crippen LogP contribution in [0.5, 0.6) is 0 Å². The summed E-state index contributed by atoms with van der Waals surface area (Å²) < 4.78 is 18.5. The van der Waals surface area contributed by atoms with Crippen LogP contribution >= 0.6 is 0 Å². The lowest BCUT2D eigenvalue weighted by atomic mass is 10.1. The SMILES string of the molecule is CCOC(=O)c1ccccc1NC(=O)CCNCc1ccccc1F. The number of hydrogen-bond donors (Lipinski definition) is 2. The lowest BCUT2D eigenvalue weighted by Crippen LogP contribution is -2.22. The highest BCUT2D eigenvalue weighted by molar-refractivity contribution is 6.01. The number of para-hydroxylation sites is 1. The van der Waals surface area contributed by atoms with Gasteiger partial charge in [0.2, 0.25) is 5.91 Å². The van der Waals surface area contributed by atoms with Crippen molar-refractivity contribution in [2.75, 3.05) is 18.5 Å². The standard InChI is InChI=1S/C19H21FN2O3/c1-2-25-19(24)15-8-4-6-10-17(15)22-18(23)11-12-21-13-14-7-3-5-9-16(14)20/h3-10,21H,2,11-13H2,1H3,(H,22,23). The molecule has 0 heterocycles. The normalized spacial score (nSPS) is 10.3. The van der Waals surface area contributed by atoms with Crippen LogP contribution in [-0.2, 0) is 16.1 Å². The average molecular weight is 344 g/mol. The summed E-state index contributed by atoms with van der Waals surface area (Å²) in [5, 5.41) is 5.73. The van der Waals surface area contributed by atoms with Crippen molar-refractivity contribution in [2.24, 2.45) is 0 Å². The number of esters is 1. The fourth-order valence-electron chi connectivity index (χ4n) is 2.26. The molecule has 132 valence electrons. The first-order valence-electron chi connectivity index (χ1n) is 8.12. The van der Waals surface area contributed by atoms with Gasteiger partial charge >= 0.3 is 5.97 Å². The minimum Gasteiger partial charge on any atom is -0.462 e. The topological polar surface area (TPSA) is 67.4 Å². The second-order valence-electron chi connectivity index (χ2n) is 5.33. The first kappa shape index (κ1) is 18.6. The van der Waals surface area contributed by atoms with Crippen molar-refractivity contribution in [3.05, 3.63) is 65.5 Å². The van der Waals surface area contributed by atoms with Crippen LogP contribution in [0.15, 0.2) is 48.5 Å². The van der Waals surface area contributed by atoms with E-state index >= 15 is 0 Å². The van der Waals surface area contributed by atoms with E-state index in [2.05, 4.69) is 10.6 Å². The van der Waals surface area contributed by atoms with E-state index in [1.54, 1.807) is 49.4 Å². The summed E-state index contributed by atoms with van der Waals surface area (Å²) in [6.07, 6.45) is 0.200. The van der Waals surface area contributed by atoms with Gasteiger partial charge in [-0.2, -0.15) is 0 Å². The zero-order chi connectivity index (χ0) is 18.1. The van der Waals surface area contributed by atoms with Gasteiger partial charge in [-0.3, -0.25) is 4.79 Å². The molecule has 2 N–H and O–H groups in total. The smallest absolute Gasteiger partial charge is 0.340 e. The molecule has 1 amide bonds. The van der Waals surface area contributed by atoms with Gasteiger partial charge in [0.25, 0.3) is 0 Å². The highest BCUT2D eigenvalue weighted by atomic mass is 19.1. The maximum atomic E-state index is 13.5. The van der Waals surface area contributed by atoms with Crippen molar-refractivity contribution in [1.29, 1.82) is 0 Å². The molecule has 0 unspecified atom stereocenters. The van der Waals surface area contributed by atoms with E-state index in [9.17, 15) is 14.0 Å². The van der Waals surface area contributed by atoms with Gasteiger partial charge in [-0.05, 0) is 25.1 Å². The Labute approximate surface area is 146 Å². The maximum Gasteiger partial charge on any atom is 0.340 e. The van der Waals surface area contributed by atoms with Gasteiger partial charge in [-0.15, -0.1) is 0 Å². The van der Waals surface area contributed by atoms with Crippen LogP contribution in [0.2, 0.25) is 0 Å². The number of rotatable bonds is 8. The highest BCUT2D eigenvalue weighted by Gasteiger charge is 2.13. The van der Waals surface area contributed by atoms with E-state index in [0.717, 1.165) is 0 Å². The Morgan fingerprint density at radius 1 is 1.08 bits per heavy atom. The van der Waals surface area contributed by atoms with E-state index in [0.29, 0.717) is 29.9 Å². The average Bonchev–Trinajstić information content (AvgIpc) is 2.61. The van der Waals surface area contributed by atoms with Crippen molar-refractivity contribution in [1.82, 2.24) is 5.32 Å². The summed E-state index contributed by atoms with van der Waals surface area (Å²) in [6, 6.07) is 13.2. The number of hydrogen-bond acceptors (Lipinski definition) is 4. The third-order valence-corrected chi connectivity index (χ3v) is 3.50. The predicted octanol–water partition coefficient (Wildman–Crippen LogP) is 3.12. The van der Waals surface area contributed by atoms with Gasteiger partial charge in [0.1, 0.15) is 5.82 Å². The summed E-state index contributed by atoms with van der Waals surface area (Å²) in [5.74, 6) is -0.989. The number of halogens is 1. The molecule has 0 atom stereocenters. The molecule has 0 aliphatic rings. The quantitative estimate of drug-likeness (QED) is 0.570. The molecule has 0 saturated carbocycles. The lowest BCUT2D eigenvalue weighted by molar-refractivity contribution is -0.116. The van der Waals surface area contributed by atoms with E-state index in [1.807, 2.05) is 0 Å². The zero-order valence-corrected chi connectivity index (χ0v) is 14.0. The maximum absolute atomic E-state index is 13.5. The molecule has 0 spiro atoms. The molecule has 0 aromatic heterocycles. The van der Waals surface area contributed by atoms with Gasteiger partial charge in [-0.25, -0.2) is 9.18 Å².